The molecule has 0 heterocycles. The van der Waals surface area contributed by atoms with Crippen molar-refractivity contribution >= 4 is 0 Å². The van der Waals surface area contributed by atoms with Crippen molar-refractivity contribution in [3.63, 3.8) is 0 Å². The Hall–Kier alpha value is -3.06. The lowest BCUT2D eigenvalue weighted by molar-refractivity contribution is -0.000311. The summed E-state index contributed by atoms with van der Waals surface area (Å²) in [5.41, 5.74) is 2.02. The maximum Gasteiger partial charge on any atom is 0.194 e. The highest BCUT2D eigenvalue weighted by Gasteiger charge is 2.19. The van der Waals surface area contributed by atoms with Crippen molar-refractivity contribution in [2.75, 3.05) is 19.7 Å². The average Bonchev–Trinajstić information content (AvgIpc) is 2.83. The summed E-state index contributed by atoms with van der Waals surface area (Å²) >= 11 is 0. The summed E-state index contributed by atoms with van der Waals surface area (Å²) in [6.45, 7) is 5.05. The van der Waals surface area contributed by atoms with E-state index in [4.69, 9.17) is 9.47 Å². The van der Waals surface area contributed by atoms with E-state index < -0.39 is 12.4 Å². The molecule has 3 N–H and O–H groups in total. The lowest BCUT2D eigenvalue weighted by atomic mass is 10.0. The number of hydrogen-bond donors (Lipinski definition) is 3. The molecule has 0 aliphatic rings. The maximum atomic E-state index is 10.7. The van der Waals surface area contributed by atoms with Gasteiger partial charge in [-0.1, -0.05) is 48.5 Å². The molecule has 3 aromatic rings. The molecule has 3 rings (SSSR count). The van der Waals surface area contributed by atoms with Gasteiger partial charge < -0.3 is 24.8 Å². The first-order chi connectivity index (χ1) is 16.4. The lowest BCUT2D eigenvalue weighted by Crippen LogP contribution is -2.43. The summed E-state index contributed by atoms with van der Waals surface area (Å²) in [6.07, 6.45) is -0.0602. The Morgan fingerprint density at radius 2 is 1.50 bits per heavy atom. The number of phenolic OH excluding ortho intramolecular Hbond substituents is 1. The summed E-state index contributed by atoms with van der Waals surface area (Å²) in [7, 11) is 0. The minimum Gasteiger partial charge on any atom is -0.508 e. The first-order valence-corrected chi connectivity index (χ1v) is 11.7. The van der Waals surface area contributed by atoms with Gasteiger partial charge in [0.1, 0.15) is 30.0 Å². The van der Waals surface area contributed by atoms with Crippen LogP contribution in [0.5, 0.6) is 17.2 Å². The van der Waals surface area contributed by atoms with E-state index in [9.17, 15) is 15.3 Å². The van der Waals surface area contributed by atoms with Gasteiger partial charge in [0.2, 0.25) is 0 Å². The van der Waals surface area contributed by atoms with Crippen molar-refractivity contribution in [3.8, 4) is 17.2 Å². The third kappa shape index (κ3) is 8.37. The standard InChI is InChI=1S/C28H35NO5/c1-21(18-23-12-14-27(15-13-23)34-22(2)30)29(17-16-24-8-6-7-11-28(24)32)19-25(31)20-33-26-9-4-3-5-10-26/h3-15,21-22,25,30-32H,16-20H2,1-2H3/t21-,22?,25+/m1/s1. The van der Waals surface area contributed by atoms with Gasteiger partial charge in [0, 0.05) is 19.1 Å². The molecule has 6 heteroatoms. The zero-order chi connectivity index (χ0) is 24.3. The minimum absolute atomic E-state index is 0.140. The van der Waals surface area contributed by atoms with Crippen molar-refractivity contribution < 1.29 is 24.8 Å². The first kappa shape index (κ1) is 25.6. The molecule has 0 spiro atoms. The molecule has 3 atom stereocenters. The fourth-order valence-electron chi connectivity index (χ4n) is 3.88. The van der Waals surface area contributed by atoms with E-state index in [2.05, 4.69) is 11.8 Å². The number of aliphatic hydroxyl groups is 2. The van der Waals surface area contributed by atoms with Crippen molar-refractivity contribution in [2.24, 2.45) is 0 Å². The van der Waals surface area contributed by atoms with Crippen LogP contribution in [0.4, 0.5) is 0 Å². The summed E-state index contributed by atoms with van der Waals surface area (Å²) in [6, 6.07) is 24.7. The number of aliphatic hydroxyl groups excluding tert-OH is 2. The molecule has 3 aromatic carbocycles. The topological polar surface area (TPSA) is 82.4 Å². The summed E-state index contributed by atoms with van der Waals surface area (Å²) in [4.78, 5) is 2.23. The van der Waals surface area contributed by atoms with Crippen LogP contribution < -0.4 is 9.47 Å². The lowest BCUT2D eigenvalue weighted by Gasteiger charge is -2.31. The molecular weight excluding hydrogens is 430 g/mol. The fraction of sp³-hybridized carbons (Fsp3) is 0.357. The van der Waals surface area contributed by atoms with Gasteiger partial charge in [-0.15, -0.1) is 0 Å². The number of phenols is 1. The van der Waals surface area contributed by atoms with Crippen LogP contribution in [0.1, 0.15) is 25.0 Å². The number of aromatic hydroxyl groups is 1. The van der Waals surface area contributed by atoms with Crippen LogP contribution in [0, 0.1) is 0 Å². The quantitative estimate of drug-likeness (QED) is 0.331. The Bertz CT molecular complexity index is 978. The van der Waals surface area contributed by atoms with Gasteiger partial charge in [0.25, 0.3) is 0 Å². The molecule has 0 saturated carbocycles. The molecule has 1 unspecified atom stereocenters. The number of para-hydroxylation sites is 2. The van der Waals surface area contributed by atoms with Crippen molar-refractivity contribution in [2.45, 2.75) is 45.1 Å². The molecule has 0 amide bonds. The van der Waals surface area contributed by atoms with Crippen molar-refractivity contribution in [1.29, 1.82) is 0 Å². The smallest absolute Gasteiger partial charge is 0.194 e. The molecule has 0 saturated heterocycles. The molecule has 0 bridgehead atoms. The van der Waals surface area contributed by atoms with E-state index in [-0.39, 0.29) is 18.4 Å². The highest BCUT2D eigenvalue weighted by Crippen LogP contribution is 2.19. The van der Waals surface area contributed by atoms with Gasteiger partial charge in [0.15, 0.2) is 6.29 Å². The fourth-order valence-corrected chi connectivity index (χ4v) is 3.88. The van der Waals surface area contributed by atoms with E-state index >= 15 is 0 Å². The van der Waals surface area contributed by atoms with E-state index in [1.54, 1.807) is 13.0 Å². The predicted molar refractivity (Wildman–Crippen MR) is 133 cm³/mol. The molecule has 0 fully saturated rings. The third-order valence-corrected chi connectivity index (χ3v) is 5.68. The zero-order valence-corrected chi connectivity index (χ0v) is 19.9. The number of ether oxygens (including phenoxy) is 2. The van der Waals surface area contributed by atoms with Crippen LogP contribution in [0.15, 0.2) is 78.9 Å². The Morgan fingerprint density at radius 1 is 0.824 bits per heavy atom. The molecular formula is C28H35NO5. The number of hydrogen-bond acceptors (Lipinski definition) is 6. The second-order valence-corrected chi connectivity index (χ2v) is 8.57. The molecule has 0 aliphatic carbocycles. The van der Waals surface area contributed by atoms with Crippen LogP contribution in [0.2, 0.25) is 0 Å². The summed E-state index contributed by atoms with van der Waals surface area (Å²) < 4.78 is 11.1. The first-order valence-electron chi connectivity index (χ1n) is 11.7. The molecule has 0 aliphatic heterocycles. The summed E-state index contributed by atoms with van der Waals surface area (Å²) in [5.74, 6) is 1.64. The van der Waals surface area contributed by atoms with E-state index in [0.29, 0.717) is 25.3 Å². The molecule has 182 valence electrons. The molecule has 0 radical (unpaired) electrons. The Labute approximate surface area is 202 Å². The van der Waals surface area contributed by atoms with Crippen LogP contribution in [-0.4, -0.2) is 58.4 Å². The van der Waals surface area contributed by atoms with Gasteiger partial charge in [-0.25, -0.2) is 0 Å². The normalized spacial score (nSPS) is 13.9. The van der Waals surface area contributed by atoms with Crippen LogP contribution in [0.3, 0.4) is 0 Å². The van der Waals surface area contributed by atoms with Gasteiger partial charge >= 0.3 is 0 Å². The second kappa shape index (κ2) is 13.0. The summed E-state index contributed by atoms with van der Waals surface area (Å²) in [5, 5.41) is 30.3. The predicted octanol–water partition coefficient (Wildman–Crippen LogP) is 4.02. The van der Waals surface area contributed by atoms with E-state index in [1.165, 1.54) is 0 Å². The van der Waals surface area contributed by atoms with Crippen molar-refractivity contribution in [1.82, 2.24) is 4.90 Å². The number of rotatable bonds is 13. The van der Waals surface area contributed by atoms with Gasteiger partial charge in [-0.2, -0.15) is 0 Å². The monoisotopic (exact) mass is 465 g/mol. The largest absolute Gasteiger partial charge is 0.508 e. The van der Waals surface area contributed by atoms with Crippen LogP contribution >= 0.6 is 0 Å². The van der Waals surface area contributed by atoms with Crippen molar-refractivity contribution in [3.05, 3.63) is 90.0 Å². The van der Waals surface area contributed by atoms with Gasteiger partial charge in [-0.3, -0.25) is 4.90 Å². The second-order valence-electron chi connectivity index (χ2n) is 8.57. The van der Waals surface area contributed by atoms with Gasteiger partial charge in [-0.05, 0) is 68.1 Å². The van der Waals surface area contributed by atoms with Crippen LogP contribution in [-0.2, 0) is 12.8 Å². The highest BCUT2D eigenvalue weighted by molar-refractivity contribution is 5.32. The Morgan fingerprint density at radius 3 is 2.18 bits per heavy atom. The maximum absolute atomic E-state index is 10.7. The zero-order valence-electron chi connectivity index (χ0n) is 19.9. The third-order valence-electron chi connectivity index (χ3n) is 5.68. The van der Waals surface area contributed by atoms with E-state index in [1.807, 2.05) is 72.8 Å². The number of benzene rings is 3. The Kier molecular flexibility index (Phi) is 9.76. The average molecular weight is 466 g/mol. The molecule has 0 aromatic heterocycles. The minimum atomic E-state index is -0.853. The van der Waals surface area contributed by atoms with E-state index in [0.717, 1.165) is 23.3 Å². The van der Waals surface area contributed by atoms with Gasteiger partial charge in [0.05, 0.1) is 0 Å². The highest BCUT2D eigenvalue weighted by atomic mass is 16.6. The SMILES string of the molecule is CC(O)Oc1ccc(C[C@@H](C)N(CCc2ccccc2O)C[C@H](O)COc2ccccc2)cc1. The Balaban J connectivity index is 1.63. The molecule has 34 heavy (non-hydrogen) atoms. The van der Waals surface area contributed by atoms with Crippen LogP contribution in [0.25, 0.3) is 0 Å². The molecule has 6 nitrogen and oxygen atoms in total. The number of nitrogens with zero attached hydrogens (tertiary/aromatic N) is 1.